The molecule has 6 heteroatoms. The summed E-state index contributed by atoms with van der Waals surface area (Å²) >= 11 is 0. The van der Waals surface area contributed by atoms with Crippen LogP contribution in [-0.4, -0.2) is 43.0 Å². The van der Waals surface area contributed by atoms with Crippen molar-refractivity contribution < 1.29 is 13.6 Å². The summed E-state index contributed by atoms with van der Waals surface area (Å²) in [7, 11) is 0. The van der Waals surface area contributed by atoms with E-state index in [4.69, 9.17) is 5.73 Å². The first-order chi connectivity index (χ1) is 8.02. The molecular formula is C11H21F2N3O. The summed E-state index contributed by atoms with van der Waals surface area (Å²) in [5, 5.41) is 2.79. The monoisotopic (exact) mass is 249 g/mol. The van der Waals surface area contributed by atoms with E-state index in [0.717, 1.165) is 19.3 Å². The van der Waals surface area contributed by atoms with Gasteiger partial charge in [0.05, 0.1) is 6.54 Å². The molecule has 0 aromatic carbocycles. The van der Waals surface area contributed by atoms with E-state index in [1.807, 2.05) is 0 Å². The molecule has 0 aliphatic carbocycles. The number of nitrogens with zero attached hydrogens (tertiary/aromatic N) is 1. The second kappa shape index (κ2) is 6.74. The van der Waals surface area contributed by atoms with Gasteiger partial charge >= 0.3 is 6.03 Å². The first kappa shape index (κ1) is 14.2. The minimum Gasteiger partial charge on any atom is -0.351 e. The smallest absolute Gasteiger partial charge is 0.314 e. The van der Waals surface area contributed by atoms with Crippen molar-refractivity contribution in [2.24, 2.45) is 11.7 Å². The number of amides is 2. The molecule has 1 saturated heterocycles. The zero-order valence-electron chi connectivity index (χ0n) is 10.2. The second-order valence-electron chi connectivity index (χ2n) is 4.63. The number of alkyl halides is 2. The Kier molecular flexibility index (Phi) is 5.61. The Balaban J connectivity index is 2.49. The fourth-order valence-electron chi connectivity index (χ4n) is 2.40. The highest BCUT2D eigenvalue weighted by molar-refractivity contribution is 5.72. The van der Waals surface area contributed by atoms with Crippen molar-refractivity contribution >= 4 is 6.03 Å². The quantitative estimate of drug-likeness (QED) is 0.774. The van der Waals surface area contributed by atoms with Crippen LogP contribution in [0.5, 0.6) is 0 Å². The summed E-state index contributed by atoms with van der Waals surface area (Å²) < 4.78 is 24.2. The van der Waals surface area contributed by atoms with Crippen molar-refractivity contribution in [3.8, 4) is 0 Å². The van der Waals surface area contributed by atoms with Crippen molar-refractivity contribution in [1.29, 1.82) is 0 Å². The lowest BCUT2D eigenvalue weighted by Crippen LogP contribution is -2.53. The summed E-state index contributed by atoms with van der Waals surface area (Å²) in [5.41, 5.74) is 5.25. The number of urea groups is 1. The largest absolute Gasteiger partial charge is 0.351 e. The predicted octanol–water partition coefficient (Wildman–Crippen LogP) is 1.41. The highest BCUT2D eigenvalue weighted by Crippen LogP contribution is 2.21. The van der Waals surface area contributed by atoms with Crippen molar-refractivity contribution in [3.63, 3.8) is 0 Å². The molecule has 3 N–H and O–H groups in total. The molecular weight excluding hydrogens is 228 g/mol. The molecule has 1 fully saturated rings. The summed E-state index contributed by atoms with van der Waals surface area (Å²) in [4.78, 5) is 12.7. The molecule has 1 aliphatic heterocycles. The Morgan fingerprint density at radius 1 is 1.53 bits per heavy atom. The van der Waals surface area contributed by atoms with Crippen molar-refractivity contribution in [1.82, 2.24) is 10.2 Å². The third-order valence-corrected chi connectivity index (χ3v) is 3.11. The van der Waals surface area contributed by atoms with Gasteiger partial charge in [0.2, 0.25) is 0 Å². The van der Waals surface area contributed by atoms with Crippen LogP contribution in [0.25, 0.3) is 0 Å². The fraction of sp³-hybridized carbons (Fsp3) is 0.909. The van der Waals surface area contributed by atoms with Crippen molar-refractivity contribution in [2.75, 3.05) is 19.6 Å². The number of hydrogen-bond acceptors (Lipinski definition) is 2. The number of nitrogens with one attached hydrogen (secondary N) is 1. The molecule has 0 aromatic heterocycles. The SMILES string of the molecule is CCCC1CC(NCC(F)F)CN(C(N)=O)C1. The number of carbonyl (C=O) groups is 1. The Labute approximate surface area is 101 Å². The third kappa shape index (κ3) is 4.85. The van der Waals surface area contributed by atoms with Crippen molar-refractivity contribution in [2.45, 2.75) is 38.7 Å². The zero-order chi connectivity index (χ0) is 12.8. The average molecular weight is 249 g/mol. The molecule has 0 bridgehead atoms. The lowest BCUT2D eigenvalue weighted by molar-refractivity contribution is 0.117. The minimum atomic E-state index is -2.36. The number of primary amides is 1. The normalized spacial score (nSPS) is 25.3. The van der Waals surface area contributed by atoms with Gasteiger partial charge in [-0.3, -0.25) is 0 Å². The van der Waals surface area contributed by atoms with Crippen LogP contribution < -0.4 is 11.1 Å². The number of carbonyl (C=O) groups excluding carboxylic acids is 1. The van der Waals surface area contributed by atoms with Crippen LogP contribution >= 0.6 is 0 Å². The molecule has 2 atom stereocenters. The van der Waals surface area contributed by atoms with Crippen LogP contribution in [0.2, 0.25) is 0 Å². The van der Waals surface area contributed by atoms with E-state index in [-0.39, 0.29) is 12.6 Å². The van der Waals surface area contributed by atoms with Gasteiger partial charge in [-0.05, 0) is 18.8 Å². The Morgan fingerprint density at radius 3 is 2.76 bits per heavy atom. The Bertz CT molecular complexity index is 251. The maximum Gasteiger partial charge on any atom is 0.314 e. The Morgan fingerprint density at radius 2 is 2.24 bits per heavy atom. The molecule has 1 rings (SSSR count). The number of piperidine rings is 1. The number of rotatable bonds is 5. The molecule has 17 heavy (non-hydrogen) atoms. The van der Waals surface area contributed by atoms with Gasteiger partial charge in [-0.1, -0.05) is 13.3 Å². The van der Waals surface area contributed by atoms with Gasteiger partial charge in [-0.25, -0.2) is 13.6 Å². The van der Waals surface area contributed by atoms with Gasteiger partial charge < -0.3 is 16.0 Å². The van der Waals surface area contributed by atoms with Gasteiger partial charge in [-0.15, -0.1) is 0 Å². The first-order valence-electron chi connectivity index (χ1n) is 6.08. The van der Waals surface area contributed by atoms with Gasteiger partial charge in [0.25, 0.3) is 6.43 Å². The molecule has 2 unspecified atom stereocenters. The lowest BCUT2D eigenvalue weighted by Gasteiger charge is -2.37. The molecule has 100 valence electrons. The van der Waals surface area contributed by atoms with Gasteiger partial charge in [0.15, 0.2) is 0 Å². The van der Waals surface area contributed by atoms with Gasteiger partial charge in [0, 0.05) is 19.1 Å². The summed E-state index contributed by atoms with van der Waals surface area (Å²) in [6, 6.07) is -0.531. The van der Waals surface area contributed by atoms with E-state index in [1.54, 1.807) is 4.90 Å². The molecule has 0 aromatic rings. The van der Waals surface area contributed by atoms with E-state index in [2.05, 4.69) is 12.2 Å². The topological polar surface area (TPSA) is 58.4 Å². The summed E-state index contributed by atoms with van der Waals surface area (Å²) in [5.74, 6) is 0.358. The van der Waals surface area contributed by atoms with E-state index >= 15 is 0 Å². The van der Waals surface area contributed by atoms with E-state index in [9.17, 15) is 13.6 Å². The molecule has 0 radical (unpaired) electrons. The lowest BCUT2D eigenvalue weighted by atomic mass is 9.90. The van der Waals surface area contributed by atoms with E-state index in [1.165, 1.54) is 0 Å². The standard InChI is InChI=1S/C11H21F2N3O/c1-2-3-8-4-9(15-5-10(12)13)7-16(6-8)11(14)17/h8-10,15H,2-7H2,1H3,(H2,14,17). The number of likely N-dealkylation sites (tertiary alicyclic amines) is 1. The maximum absolute atomic E-state index is 12.1. The van der Waals surface area contributed by atoms with Crippen LogP contribution in [0.3, 0.4) is 0 Å². The highest BCUT2D eigenvalue weighted by atomic mass is 19.3. The number of hydrogen-bond donors (Lipinski definition) is 2. The molecule has 1 heterocycles. The van der Waals surface area contributed by atoms with Crippen LogP contribution in [0.1, 0.15) is 26.2 Å². The Hall–Kier alpha value is -0.910. The molecule has 0 saturated carbocycles. The predicted molar refractivity (Wildman–Crippen MR) is 62.0 cm³/mol. The molecule has 2 amide bonds. The second-order valence-corrected chi connectivity index (χ2v) is 4.63. The number of nitrogens with two attached hydrogens (primary N) is 1. The van der Waals surface area contributed by atoms with Gasteiger partial charge in [-0.2, -0.15) is 0 Å². The van der Waals surface area contributed by atoms with Crippen molar-refractivity contribution in [3.05, 3.63) is 0 Å². The zero-order valence-corrected chi connectivity index (χ0v) is 10.2. The fourth-order valence-corrected chi connectivity index (χ4v) is 2.40. The van der Waals surface area contributed by atoms with Gasteiger partial charge in [0.1, 0.15) is 0 Å². The minimum absolute atomic E-state index is 0.0678. The molecule has 4 nitrogen and oxygen atoms in total. The first-order valence-corrected chi connectivity index (χ1v) is 6.08. The van der Waals surface area contributed by atoms with E-state index < -0.39 is 12.5 Å². The maximum atomic E-state index is 12.1. The molecule has 1 aliphatic rings. The van der Waals surface area contributed by atoms with Crippen LogP contribution in [0.4, 0.5) is 13.6 Å². The number of halogens is 2. The van der Waals surface area contributed by atoms with Crippen LogP contribution in [-0.2, 0) is 0 Å². The van der Waals surface area contributed by atoms with E-state index in [0.29, 0.717) is 19.0 Å². The van der Waals surface area contributed by atoms with Crippen LogP contribution in [0, 0.1) is 5.92 Å². The molecule has 0 spiro atoms. The average Bonchev–Trinajstić information content (AvgIpc) is 2.26. The highest BCUT2D eigenvalue weighted by Gasteiger charge is 2.28. The van der Waals surface area contributed by atoms with Crippen LogP contribution in [0.15, 0.2) is 0 Å². The summed E-state index contributed by atoms with van der Waals surface area (Å²) in [6.07, 6.45) is 0.503. The summed E-state index contributed by atoms with van der Waals surface area (Å²) in [6.45, 7) is 2.83. The third-order valence-electron chi connectivity index (χ3n) is 3.11.